The van der Waals surface area contributed by atoms with E-state index in [1.807, 2.05) is 37.3 Å². The third-order valence-corrected chi connectivity index (χ3v) is 12.1. The highest BCUT2D eigenvalue weighted by Crippen LogP contribution is 2.63. The Labute approximate surface area is 334 Å². The Hall–Kier alpha value is -4.49. The molecule has 1 amide bonds. The molecule has 6 rings (SSSR count). The fourth-order valence-corrected chi connectivity index (χ4v) is 9.75. The third kappa shape index (κ3) is 9.04. The number of unbranched alkanes of at least 4 members (excludes halogenated alkanes) is 2. The van der Waals surface area contributed by atoms with Gasteiger partial charge in [0.2, 0.25) is 5.79 Å². The van der Waals surface area contributed by atoms with Gasteiger partial charge in [-0.1, -0.05) is 48.3 Å². The number of oxime groups is 1. The number of amides is 1. The number of allylic oxidation sites excluding steroid dienone is 1. The number of aliphatic hydroxyl groups is 2. The summed E-state index contributed by atoms with van der Waals surface area (Å²) in [5, 5.41) is 27.0. The minimum atomic E-state index is -1.13. The van der Waals surface area contributed by atoms with E-state index >= 15 is 0 Å². The molecule has 0 spiro atoms. The van der Waals surface area contributed by atoms with Gasteiger partial charge in [-0.3, -0.25) is 5.32 Å². The van der Waals surface area contributed by atoms with E-state index < -0.39 is 11.9 Å². The van der Waals surface area contributed by atoms with E-state index in [9.17, 15) is 15.0 Å². The number of hydrogen-bond donors (Lipinski definition) is 3. The number of hydrogen-bond acceptors (Lipinski definition) is 11. The molecule has 1 saturated carbocycles. The maximum absolute atomic E-state index is 13.4. The summed E-state index contributed by atoms with van der Waals surface area (Å²) in [7, 11) is 3.08. The second-order valence-corrected chi connectivity index (χ2v) is 15.5. The number of nitrogens with zero attached hydrogens (tertiary/aromatic N) is 1. The molecular weight excluding hydrogens is 733 g/mol. The van der Waals surface area contributed by atoms with E-state index in [0.717, 1.165) is 47.4 Å². The van der Waals surface area contributed by atoms with Gasteiger partial charge in [-0.05, 0) is 92.5 Å². The molecule has 2 aliphatic carbocycles. The maximum atomic E-state index is 13.4. The number of ether oxygens (including phenoxy) is 5. The molecule has 0 radical (unpaired) electrons. The number of carbonyl (C=O) groups is 1. The van der Waals surface area contributed by atoms with Crippen molar-refractivity contribution < 1.29 is 43.5 Å². The van der Waals surface area contributed by atoms with Gasteiger partial charge in [0, 0.05) is 42.1 Å². The third-order valence-electron chi connectivity index (χ3n) is 10.8. The highest BCUT2D eigenvalue weighted by atomic mass is 32.2. The van der Waals surface area contributed by atoms with E-state index in [2.05, 4.69) is 30.1 Å². The molecule has 1 heterocycles. The first-order valence-corrected chi connectivity index (χ1v) is 20.4. The number of fused-ring (bicyclic) bond motifs is 2. The molecular formula is C44H54N2O9S. The smallest absolute Gasteiger partial charge is 0.417 e. The average molecular weight is 787 g/mol. The fraction of sp³-hybridized carbons (Fsp3) is 0.455. The van der Waals surface area contributed by atoms with Gasteiger partial charge in [0.05, 0.1) is 43.4 Å². The second-order valence-electron chi connectivity index (χ2n) is 14.2. The van der Waals surface area contributed by atoms with Crippen LogP contribution in [0.4, 0.5) is 10.5 Å². The first kappa shape index (κ1) is 41.2. The zero-order valence-corrected chi connectivity index (χ0v) is 33.3. The second kappa shape index (κ2) is 19.6. The number of aliphatic hydroxyl groups excluding tert-OH is 2. The summed E-state index contributed by atoms with van der Waals surface area (Å²) in [6, 6.07) is 20.9. The van der Waals surface area contributed by atoms with Crippen molar-refractivity contribution in [1.29, 1.82) is 0 Å². The van der Waals surface area contributed by atoms with Crippen molar-refractivity contribution in [2.75, 3.05) is 46.0 Å². The Morgan fingerprint density at radius 3 is 2.48 bits per heavy atom. The minimum Gasteiger partial charge on any atom is -0.497 e. The predicted molar refractivity (Wildman–Crippen MR) is 218 cm³/mol. The van der Waals surface area contributed by atoms with Crippen LogP contribution in [0.5, 0.6) is 23.0 Å². The summed E-state index contributed by atoms with van der Waals surface area (Å²) in [5.41, 5.74) is 3.24. The number of benzene rings is 3. The van der Waals surface area contributed by atoms with Crippen LogP contribution >= 0.6 is 11.8 Å². The van der Waals surface area contributed by atoms with E-state index in [1.54, 1.807) is 49.2 Å². The van der Waals surface area contributed by atoms with Crippen LogP contribution < -0.4 is 24.3 Å². The summed E-state index contributed by atoms with van der Waals surface area (Å²) in [6.45, 7) is 6.86. The molecule has 0 saturated heterocycles. The molecule has 3 aliphatic rings. The zero-order valence-electron chi connectivity index (χ0n) is 32.5. The lowest BCUT2D eigenvalue weighted by molar-refractivity contribution is -0.223. The molecule has 6 unspecified atom stereocenters. The molecule has 0 aromatic heterocycles. The molecule has 12 heteroatoms. The minimum absolute atomic E-state index is 0.102. The molecule has 0 bridgehead atoms. The largest absolute Gasteiger partial charge is 0.497 e. The van der Waals surface area contributed by atoms with Gasteiger partial charge >= 0.3 is 6.09 Å². The number of rotatable bonds is 19. The van der Waals surface area contributed by atoms with Crippen LogP contribution in [0.3, 0.4) is 0 Å². The van der Waals surface area contributed by atoms with Crippen molar-refractivity contribution in [2.24, 2.45) is 22.9 Å². The molecule has 11 nitrogen and oxygen atoms in total. The van der Waals surface area contributed by atoms with Crippen LogP contribution in [0.1, 0.15) is 63.4 Å². The van der Waals surface area contributed by atoms with Crippen LogP contribution in [0, 0.1) is 17.8 Å². The highest BCUT2D eigenvalue weighted by Gasteiger charge is 2.64. The summed E-state index contributed by atoms with van der Waals surface area (Å²) >= 11 is 1.70. The molecule has 300 valence electrons. The SMILES string of the molecule is C=CCOC12Oc3ccc(OC(=O)Nc4ccc(OC)cc4OC)cc3C3C(CCCCO)C(CCCCO)C=C(C(=NOCC)CC1Sc1ccccc1)C32. The van der Waals surface area contributed by atoms with Gasteiger partial charge in [0.1, 0.15) is 29.6 Å². The van der Waals surface area contributed by atoms with Gasteiger partial charge in [-0.2, -0.15) is 0 Å². The van der Waals surface area contributed by atoms with Crippen LogP contribution in [-0.2, 0) is 9.57 Å². The highest BCUT2D eigenvalue weighted by molar-refractivity contribution is 8.00. The topological polar surface area (TPSA) is 137 Å². The normalized spacial score (nSPS) is 24.2. The lowest BCUT2D eigenvalue weighted by atomic mass is 9.56. The van der Waals surface area contributed by atoms with Crippen LogP contribution in [0.25, 0.3) is 0 Å². The Balaban J connectivity index is 1.48. The standard InChI is InChI=1S/C44H54N2O9S/c1-5-24-52-44-40(56-32-15-8-7-9-16-32)28-37(46-53-6-2)34-25-29(14-10-12-22-47)33(17-11-13-23-48)41(42(34)44)35-26-31(19-21-38(35)55-44)54-43(49)45-36-20-18-30(50-3)27-39(36)51-4/h5,7-9,15-16,18-21,25-27,29,33,40-42,47-48H,1,6,10-14,17,22-24,28H2,2-4H3,(H,45,49). The first-order valence-electron chi connectivity index (χ1n) is 19.5. The van der Waals surface area contributed by atoms with E-state index in [0.29, 0.717) is 54.6 Å². The molecule has 3 aromatic carbocycles. The Morgan fingerprint density at radius 1 is 1.00 bits per heavy atom. The van der Waals surface area contributed by atoms with Gasteiger partial charge < -0.3 is 38.7 Å². The van der Waals surface area contributed by atoms with Crippen molar-refractivity contribution >= 4 is 29.3 Å². The van der Waals surface area contributed by atoms with E-state index in [4.69, 9.17) is 33.7 Å². The van der Waals surface area contributed by atoms with Gasteiger partial charge in [0.25, 0.3) is 0 Å². The number of carbonyl (C=O) groups excluding carboxylic acids is 1. The quantitative estimate of drug-likeness (QED) is 0.0615. The average Bonchev–Trinajstić information content (AvgIpc) is 3.21. The van der Waals surface area contributed by atoms with Crippen LogP contribution in [-0.4, -0.2) is 73.7 Å². The fourth-order valence-electron chi connectivity index (χ4n) is 8.44. The number of thioether (sulfide) groups is 1. The number of anilines is 1. The van der Waals surface area contributed by atoms with E-state index in [1.165, 1.54) is 7.11 Å². The van der Waals surface area contributed by atoms with Crippen LogP contribution in [0.2, 0.25) is 0 Å². The first-order chi connectivity index (χ1) is 27.4. The molecule has 1 fully saturated rings. The monoisotopic (exact) mass is 786 g/mol. The molecule has 3 N–H and O–H groups in total. The number of methoxy groups -OCH3 is 2. The Morgan fingerprint density at radius 2 is 1.77 bits per heavy atom. The maximum Gasteiger partial charge on any atom is 0.417 e. The Kier molecular flexibility index (Phi) is 14.4. The summed E-state index contributed by atoms with van der Waals surface area (Å²) in [4.78, 5) is 20.3. The van der Waals surface area contributed by atoms with Crippen molar-refractivity contribution in [3.05, 3.63) is 96.6 Å². The van der Waals surface area contributed by atoms with Crippen molar-refractivity contribution in [3.8, 4) is 23.0 Å². The zero-order chi connectivity index (χ0) is 39.5. The van der Waals surface area contributed by atoms with Crippen molar-refractivity contribution in [1.82, 2.24) is 0 Å². The number of nitrogens with one attached hydrogen (secondary N) is 1. The van der Waals surface area contributed by atoms with Crippen molar-refractivity contribution in [2.45, 2.75) is 73.7 Å². The molecule has 56 heavy (non-hydrogen) atoms. The van der Waals surface area contributed by atoms with Crippen LogP contribution in [0.15, 0.2) is 101 Å². The summed E-state index contributed by atoms with van der Waals surface area (Å²) in [6.07, 6.45) is 8.73. The van der Waals surface area contributed by atoms with Gasteiger partial charge in [-0.15, -0.1) is 18.3 Å². The van der Waals surface area contributed by atoms with Crippen molar-refractivity contribution in [3.63, 3.8) is 0 Å². The molecule has 3 aromatic rings. The Bertz CT molecular complexity index is 1850. The summed E-state index contributed by atoms with van der Waals surface area (Å²) in [5.74, 6) is 0.670. The predicted octanol–water partition coefficient (Wildman–Crippen LogP) is 8.76. The lowest BCUT2D eigenvalue weighted by Crippen LogP contribution is -2.64. The van der Waals surface area contributed by atoms with Gasteiger partial charge in [-0.25, -0.2) is 4.79 Å². The molecule has 6 atom stereocenters. The summed E-state index contributed by atoms with van der Waals surface area (Å²) < 4.78 is 31.0. The van der Waals surface area contributed by atoms with Gasteiger partial charge in [0.15, 0.2) is 0 Å². The van der Waals surface area contributed by atoms with E-state index in [-0.39, 0.29) is 48.7 Å². The molecule has 1 aliphatic heterocycles. The lowest BCUT2D eigenvalue weighted by Gasteiger charge is -2.58.